The number of benzene rings is 2. The van der Waals surface area contributed by atoms with Crippen LogP contribution in [0.3, 0.4) is 0 Å². The second kappa shape index (κ2) is 10.0. The van der Waals surface area contributed by atoms with E-state index in [1.807, 2.05) is 13.0 Å². The maximum atomic E-state index is 13.4. The number of nitrogens with zero attached hydrogens (tertiary/aromatic N) is 1. The van der Waals surface area contributed by atoms with E-state index in [1.54, 1.807) is 19.2 Å². The predicted octanol–water partition coefficient (Wildman–Crippen LogP) is 4.00. The van der Waals surface area contributed by atoms with Crippen molar-refractivity contribution in [3.63, 3.8) is 0 Å². The number of halogens is 1. The minimum absolute atomic E-state index is 0.0662. The van der Waals surface area contributed by atoms with Crippen molar-refractivity contribution in [3.05, 3.63) is 65.0 Å². The predicted molar refractivity (Wildman–Crippen MR) is 115 cm³/mol. The summed E-state index contributed by atoms with van der Waals surface area (Å²) in [5, 5.41) is 3.14. The fourth-order valence-corrected chi connectivity index (χ4v) is 4.20. The maximum Gasteiger partial charge on any atom is 0.217 e. The number of hydrogen-bond donors (Lipinski definition) is 1. The van der Waals surface area contributed by atoms with Gasteiger partial charge in [0.2, 0.25) is 5.91 Å². The van der Waals surface area contributed by atoms with Gasteiger partial charge >= 0.3 is 0 Å². The molecule has 0 atom stereocenters. The van der Waals surface area contributed by atoms with Crippen molar-refractivity contribution in [1.82, 2.24) is 10.2 Å². The Kier molecular flexibility index (Phi) is 7.45. The van der Waals surface area contributed by atoms with E-state index in [2.05, 4.69) is 22.3 Å². The number of nitrogens with one attached hydrogen (secondary N) is 1. The molecule has 0 saturated carbocycles. The Morgan fingerprint density at radius 3 is 2.47 bits per heavy atom. The summed E-state index contributed by atoms with van der Waals surface area (Å²) in [5.74, 6) is 0.506. The molecule has 1 amide bonds. The van der Waals surface area contributed by atoms with E-state index in [4.69, 9.17) is 9.47 Å². The molecule has 1 saturated heterocycles. The van der Waals surface area contributed by atoms with Gasteiger partial charge in [0.15, 0.2) is 0 Å². The van der Waals surface area contributed by atoms with Crippen LogP contribution in [0, 0.1) is 5.82 Å². The third-order valence-electron chi connectivity index (χ3n) is 5.73. The average Bonchev–Trinajstić information content (AvgIpc) is 2.74. The van der Waals surface area contributed by atoms with Crippen LogP contribution in [-0.4, -0.2) is 37.6 Å². The van der Waals surface area contributed by atoms with E-state index < -0.39 is 5.54 Å². The number of piperidine rings is 1. The molecular formula is C24H31FN2O3. The molecule has 0 unspecified atom stereocenters. The highest BCUT2D eigenvalue weighted by molar-refractivity contribution is 5.74. The largest absolute Gasteiger partial charge is 0.496 e. The zero-order chi connectivity index (χ0) is 21.6. The van der Waals surface area contributed by atoms with Crippen LogP contribution in [-0.2, 0) is 28.2 Å². The van der Waals surface area contributed by atoms with Crippen molar-refractivity contribution >= 4 is 5.91 Å². The van der Waals surface area contributed by atoms with Gasteiger partial charge in [0.1, 0.15) is 11.6 Å². The smallest absolute Gasteiger partial charge is 0.217 e. The van der Waals surface area contributed by atoms with Crippen LogP contribution in [0.2, 0.25) is 0 Å². The van der Waals surface area contributed by atoms with Crippen LogP contribution in [0.1, 0.15) is 43.4 Å². The van der Waals surface area contributed by atoms with Gasteiger partial charge in [0.25, 0.3) is 0 Å². The van der Waals surface area contributed by atoms with E-state index in [9.17, 15) is 9.18 Å². The monoisotopic (exact) mass is 414 g/mol. The average molecular weight is 415 g/mol. The highest BCUT2D eigenvalue weighted by atomic mass is 19.1. The van der Waals surface area contributed by atoms with E-state index in [0.29, 0.717) is 13.2 Å². The van der Waals surface area contributed by atoms with Crippen LogP contribution in [0.4, 0.5) is 4.39 Å². The molecule has 5 nitrogen and oxygen atoms in total. The molecular weight excluding hydrogens is 383 g/mol. The summed E-state index contributed by atoms with van der Waals surface area (Å²) in [6.07, 6.45) is 1.56. The Morgan fingerprint density at radius 2 is 1.87 bits per heavy atom. The number of carbonyl (C=O) groups excluding carboxylic acids is 1. The Balaban J connectivity index is 1.70. The first-order valence-corrected chi connectivity index (χ1v) is 10.5. The fraction of sp³-hybridized carbons (Fsp3) is 0.458. The van der Waals surface area contributed by atoms with Gasteiger partial charge in [-0.25, -0.2) is 4.39 Å². The number of hydrogen-bond acceptors (Lipinski definition) is 4. The molecule has 0 bridgehead atoms. The Hall–Kier alpha value is -2.44. The molecule has 1 aliphatic rings. The summed E-state index contributed by atoms with van der Waals surface area (Å²) in [6.45, 7) is 7.21. The molecule has 162 valence electrons. The molecule has 2 aromatic rings. The molecule has 0 spiro atoms. The van der Waals surface area contributed by atoms with Gasteiger partial charge in [-0.15, -0.1) is 0 Å². The van der Waals surface area contributed by atoms with Crippen molar-refractivity contribution in [3.8, 4) is 5.75 Å². The van der Waals surface area contributed by atoms with E-state index >= 15 is 0 Å². The zero-order valence-electron chi connectivity index (χ0n) is 18.0. The van der Waals surface area contributed by atoms with Crippen molar-refractivity contribution in [2.24, 2.45) is 0 Å². The van der Waals surface area contributed by atoms with E-state index in [0.717, 1.165) is 49.4 Å². The molecule has 3 rings (SSSR count). The lowest BCUT2D eigenvalue weighted by Crippen LogP contribution is -2.52. The second-order valence-electron chi connectivity index (χ2n) is 7.83. The lowest BCUT2D eigenvalue weighted by molar-refractivity contribution is -0.121. The molecule has 0 radical (unpaired) electrons. The highest BCUT2D eigenvalue weighted by Gasteiger charge is 2.37. The SMILES string of the molecule is CCOCc1cc(CN2CCC(NC(C)=O)(c3ccc(F)cc3)CC2)ccc1OC. The van der Waals surface area contributed by atoms with Crippen LogP contribution in [0.5, 0.6) is 5.75 Å². The van der Waals surface area contributed by atoms with Gasteiger partial charge in [-0.05, 0) is 55.2 Å². The molecule has 1 N–H and O–H groups in total. The number of ether oxygens (including phenoxy) is 2. The van der Waals surface area contributed by atoms with Crippen molar-refractivity contribution in [1.29, 1.82) is 0 Å². The lowest BCUT2D eigenvalue weighted by Gasteiger charge is -2.42. The first-order valence-electron chi connectivity index (χ1n) is 10.5. The van der Waals surface area contributed by atoms with Gasteiger partial charge in [-0.2, -0.15) is 0 Å². The van der Waals surface area contributed by atoms with Crippen LogP contribution >= 0.6 is 0 Å². The zero-order valence-corrected chi connectivity index (χ0v) is 18.0. The molecule has 1 heterocycles. The molecule has 1 aliphatic heterocycles. The normalized spacial score (nSPS) is 16.3. The van der Waals surface area contributed by atoms with Gasteiger partial charge in [0, 0.05) is 38.7 Å². The van der Waals surface area contributed by atoms with E-state index in [-0.39, 0.29) is 11.7 Å². The Labute approximate surface area is 178 Å². The molecule has 30 heavy (non-hydrogen) atoms. The van der Waals surface area contributed by atoms with Crippen LogP contribution < -0.4 is 10.1 Å². The molecule has 0 aliphatic carbocycles. The number of amides is 1. The molecule has 6 heteroatoms. The molecule has 1 fully saturated rings. The van der Waals surface area contributed by atoms with Gasteiger partial charge < -0.3 is 14.8 Å². The van der Waals surface area contributed by atoms with Gasteiger partial charge in [-0.1, -0.05) is 18.2 Å². The standard InChI is InChI=1S/C24H31FN2O3/c1-4-30-17-20-15-19(5-10-23(20)29-3)16-27-13-11-24(12-14-27,26-18(2)28)21-6-8-22(25)9-7-21/h5-10,15H,4,11-14,16-17H2,1-3H3,(H,26,28). The first kappa shape index (κ1) is 22.2. The van der Waals surface area contributed by atoms with Crippen molar-refractivity contribution in [2.45, 2.75) is 45.4 Å². The number of methoxy groups -OCH3 is 1. The maximum absolute atomic E-state index is 13.4. The topological polar surface area (TPSA) is 50.8 Å². The Morgan fingerprint density at radius 1 is 1.17 bits per heavy atom. The quantitative estimate of drug-likeness (QED) is 0.710. The van der Waals surface area contributed by atoms with Gasteiger partial charge in [-0.3, -0.25) is 9.69 Å². The third-order valence-corrected chi connectivity index (χ3v) is 5.73. The number of rotatable bonds is 8. The summed E-state index contributed by atoms with van der Waals surface area (Å²) in [7, 11) is 1.67. The fourth-order valence-electron chi connectivity index (χ4n) is 4.20. The summed E-state index contributed by atoms with van der Waals surface area (Å²) >= 11 is 0. The number of likely N-dealkylation sites (tertiary alicyclic amines) is 1. The first-order chi connectivity index (χ1) is 14.5. The van der Waals surface area contributed by atoms with Crippen LogP contribution in [0.15, 0.2) is 42.5 Å². The minimum Gasteiger partial charge on any atom is -0.496 e. The summed E-state index contributed by atoms with van der Waals surface area (Å²) < 4.78 is 24.4. The lowest BCUT2D eigenvalue weighted by atomic mass is 9.80. The molecule has 0 aromatic heterocycles. The summed E-state index contributed by atoms with van der Waals surface area (Å²) in [6, 6.07) is 12.7. The van der Waals surface area contributed by atoms with Crippen molar-refractivity contribution in [2.75, 3.05) is 26.8 Å². The highest BCUT2D eigenvalue weighted by Crippen LogP contribution is 2.34. The van der Waals surface area contributed by atoms with Crippen LogP contribution in [0.25, 0.3) is 0 Å². The minimum atomic E-state index is -0.448. The summed E-state index contributed by atoms with van der Waals surface area (Å²) in [5.41, 5.74) is 2.77. The Bertz CT molecular complexity index is 846. The van der Waals surface area contributed by atoms with E-state index in [1.165, 1.54) is 24.6 Å². The summed E-state index contributed by atoms with van der Waals surface area (Å²) in [4.78, 5) is 14.3. The second-order valence-corrected chi connectivity index (χ2v) is 7.83. The van der Waals surface area contributed by atoms with Gasteiger partial charge in [0.05, 0.1) is 19.3 Å². The van der Waals surface area contributed by atoms with Crippen molar-refractivity contribution < 1.29 is 18.7 Å². The molecule has 2 aromatic carbocycles. The third kappa shape index (κ3) is 5.37. The number of carbonyl (C=O) groups is 1.